The standard InChI is InChI=1S/C13H16BrClO/c14-13-6-2-1-5-12(13)10(9-15)8-11-4-3-7-16-11/h1-2,5-6,10-11H,3-4,7-9H2. The molecule has 16 heavy (non-hydrogen) atoms. The summed E-state index contributed by atoms with van der Waals surface area (Å²) in [4.78, 5) is 0. The second kappa shape index (κ2) is 6.04. The molecule has 1 saturated heterocycles. The van der Waals surface area contributed by atoms with Gasteiger partial charge in [-0.1, -0.05) is 34.1 Å². The fraction of sp³-hybridized carbons (Fsp3) is 0.538. The summed E-state index contributed by atoms with van der Waals surface area (Å²) in [6, 6.07) is 8.32. The van der Waals surface area contributed by atoms with Crippen LogP contribution < -0.4 is 0 Å². The molecule has 0 aliphatic carbocycles. The van der Waals surface area contributed by atoms with Crippen LogP contribution in [0.4, 0.5) is 0 Å². The van der Waals surface area contributed by atoms with Crippen LogP contribution >= 0.6 is 27.5 Å². The Morgan fingerprint density at radius 3 is 2.88 bits per heavy atom. The number of halogens is 2. The molecule has 1 aliphatic rings. The zero-order valence-corrected chi connectivity index (χ0v) is 11.5. The highest BCUT2D eigenvalue weighted by Crippen LogP contribution is 2.32. The van der Waals surface area contributed by atoms with Crippen molar-refractivity contribution in [1.82, 2.24) is 0 Å². The zero-order valence-electron chi connectivity index (χ0n) is 9.16. The van der Waals surface area contributed by atoms with Gasteiger partial charge in [0.05, 0.1) is 6.10 Å². The Morgan fingerprint density at radius 2 is 2.25 bits per heavy atom. The van der Waals surface area contributed by atoms with Crippen molar-refractivity contribution in [3.05, 3.63) is 34.3 Å². The summed E-state index contributed by atoms with van der Waals surface area (Å²) in [6.45, 7) is 0.912. The lowest BCUT2D eigenvalue weighted by Crippen LogP contribution is -2.13. The van der Waals surface area contributed by atoms with Gasteiger partial charge in [-0.3, -0.25) is 0 Å². The Morgan fingerprint density at radius 1 is 1.44 bits per heavy atom. The maximum absolute atomic E-state index is 6.08. The lowest BCUT2D eigenvalue weighted by molar-refractivity contribution is 0.0994. The van der Waals surface area contributed by atoms with E-state index in [-0.39, 0.29) is 0 Å². The number of alkyl halides is 1. The van der Waals surface area contributed by atoms with Crippen molar-refractivity contribution in [3.8, 4) is 0 Å². The fourth-order valence-electron chi connectivity index (χ4n) is 2.23. The minimum atomic E-state index is 0.389. The van der Waals surface area contributed by atoms with Crippen molar-refractivity contribution in [2.24, 2.45) is 0 Å². The van der Waals surface area contributed by atoms with Gasteiger partial charge in [0, 0.05) is 22.9 Å². The first kappa shape index (κ1) is 12.4. The first-order chi connectivity index (χ1) is 7.81. The lowest BCUT2D eigenvalue weighted by Gasteiger charge is -2.19. The van der Waals surface area contributed by atoms with Gasteiger partial charge in [0.2, 0.25) is 0 Å². The molecule has 0 radical (unpaired) electrons. The SMILES string of the molecule is ClCC(CC1CCCO1)c1ccccc1Br. The van der Waals surface area contributed by atoms with E-state index in [0.29, 0.717) is 17.9 Å². The molecule has 0 spiro atoms. The van der Waals surface area contributed by atoms with E-state index in [1.165, 1.54) is 18.4 Å². The van der Waals surface area contributed by atoms with Crippen molar-refractivity contribution in [1.29, 1.82) is 0 Å². The van der Waals surface area contributed by atoms with E-state index in [0.717, 1.165) is 17.5 Å². The molecule has 88 valence electrons. The van der Waals surface area contributed by atoms with E-state index in [1.54, 1.807) is 0 Å². The van der Waals surface area contributed by atoms with Gasteiger partial charge < -0.3 is 4.74 Å². The summed E-state index contributed by atoms with van der Waals surface area (Å²) < 4.78 is 6.82. The molecular formula is C13H16BrClO. The molecule has 0 saturated carbocycles. The highest BCUT2D eigenvalue weighted by Gasteiger charge is 2.22. The molecule has 0 amide bonds. The van der Waals surface area contributed by atoms with Gasteiger partial charge in [-0.2, -0.15) is 0 Å². The number of hydrogen-bond acceptors (Lipinski definition) is 1. The summed E-state index contributed by atoms with van der Waals surface area (Å²) in [6.07, 6.45) is 3.80. The van der Waals surface area contributed by atoms with Crippen molar-refractivity contribution in [2.75, 3.05) is 12.5 Å². The van der Waals surface area contributed by atoms with Crippen molar-refractivity contribution < 1.29 is 4.74 Å². The van der Waals surface area contributed by atoms with Crippen LogP contribution in [-0.4, -0.2) is 18.6 Å². The summed E-state index contributed by atoms with van der Waals surface area (Å²) >= 11 is 9.66. The first-order valence-corrected chi connectivity index (χ1v) is 7.06. The summed E-state index contributed by atoms with van der Waals surface area (Å²) in [7, 11) is 0. The summed E-state index contributed by atoms with van der Waals surface area (Å²) in [5, 5.41) is 0. The Hall–Kier alpha value is -0.0500. The van der Waals surface area contributed by atoms with Crippen LogP contribution in [-0.2, 0) is 4.74 Å². The van der Waals surface area contributed by atoms with Crippen LogP contribution in [0.15, 0.2) is 28.7 Å². The van der Waals surface area contributed by atoms with Crippen molar-refractivity contribution in [3.63, 3.8) is 0 Å². The Bertz CT molecular complexity index is 336. The number of hydrogen-bond donors (Lipinski definition) is 0. The van der Waals surface area contributed by atoms with Gasteiger partial charge in [-0.05, 0) is 30.9 Å². The van der Waals surface area contributed by atoms with Crippen molar-refractivity contribution >= 4 is 27.5 Å². The minimum Gasteiger partial charge on any atom is -0.378 e. The topological polar surface area (TPSA) is 9.23 Å². The first-order valence-electron chi connectivity index (χ1n) is 5.73. The van der Waals surface area contributed by atoms with Crippen molar-refractivity contribution in [2.45, 2.75) is 31.3 Å². The van der Waals surface area contributed by atoms with Gasteiger partial charge in [0.25, 0.3) is 0 Å². The third-order valence-corrected chi connectivity index (χ3v) is 4.20. The van der Waals surface area contributed by atoms with E-state index in [9.17, 15) is 0 Å². The third kappa shape index (κ3) is 2.99. The predicted molar refractivity (Wildman–Crippen MR) is 71.2 cm³/mol. The smallest absolute Gasteiger partial charge is 0.0582 e. The maximum Gasteiger partial charge on any atom is 0.0582 e. The second-order valence-corrected chi connectivity index (χ2v) is 5.41. The van der Waals surface area contributed by atoms with Crippen LogP contribution in [0.1, 0.15) is 30.7 Å². The van der Waals surface area contributed by atoms with E-state index in [2.05, 4.69) is 34.1 Å². The minimum absolute atomic E-state index is 0.389. The Balaban J connectivity index is 2.06. The van der Waals surface area contributed by atoms with E-state index < -0.39 is 0 Å². The second-order valence-electron chi connectivity index (χ2n) is 4.24. The van der Waals surface area contributed by atoms with Gasteiger partial charge in [-0.15, -0.1) is 11.6 Å². The normalized spacial score (nSPS) is 22.2. The average molecular weight is 304 g/mol. The monoisotopic (exact) mass is 302 g/mol. The highest BCUT2D eigenvalue weighted by molar-refractivity contribution is 9.10. The van der Waals surface area contributed by atoms with E-state index >= 15 is 0 Å². The molecule has 1 nitrogen and oxygen atoms in total. The molecule has 3 heteroatoms. The van der Waals surface area contributed by atoms with Crippen LogP contribution in [0.2, 0.25) is 0 Å². The molecule has 1 fully saturated rings. The molecule has 1 heterocycles. The number of rotatable bonds is 4. The molecule has 1 aromatic rings. The lowest BCUT2D eigenvalue weighted by atomic mass is 9.94. The predicted octanol–water partition coefficient (Wildman–Crippen LogP) is 4.34. The molecule has 0 bridgehead atoms. The summed E-state index contributed by atoms with van der Waals surface area (Å²) in [5.41, 5.74) is 1.30. The molecule has 0 N–H and O–H groups in total. The van der Waals surface area contributed by atoms with Crippen LogP contribution in [0.5, 0.6) is 0 Å². The molecule has 2 rings (SSSR count). The largest absolute Gasteiger partial charge is 0.378 e. The number of ether oxygens (including phenoxy) is 1. The van der Waals surface area contributed by atoms with Gasteiger partial charge in [-0.25, -0.2) is 0 Å². The molecule has 2 atom stereocenters. The highest BCUT2D eigenvalue weighted by atomic mass is 79.9. The number of benzene rings is 1. The third-order valence-electron chi connectivity index (χ3n) is 3.10. The van der Waals surface area contributed by atoms with Gasteiger partial charge in [0.15, 0.2) is 0 Å². The molecule has 1 aromatic carbocycles. The summed E-state index contributed by atoms with van der Waals surface area (Å²) in [5.74, 6) is 1.04. The fourth-order valence-corrected chi connectivity index (χ4v) is 3.13. The van der Waals surface area contributed by atoms with E-state index in [4.69, 9.17) is 16.3 Å². The molecule has 0 aromatic heterocycles. The Kier molecular flexibility index (Phi) is 4.68. The van der Waals surface area contributed by atoms with E-state index in [1.807, 2.05) is 6.07 Å². The zero-order chi connectivity index (χ0) is 11.4. The average Bonchev–Trinajstić information content (AvgIpc) is 2.80. The van der Waals surface area contributed by atoms with Crippen LogP contribution in [0, 0.1) is 0 Å². The maximum atomic E-state index is 6.08. The molecule has 1 aliphatic heterocycles. The quantitative estimate of drug-likeness (QED) is 0.752. The van der Waals surface area contributed by atoms with Gasteiger partial charge in [0.1, 0.15) is 0 Å². The van der Waals surface area contributed by atoms with Crippen LogP contribution in [0.25, 0.3) is 0 Å². The molecule has 2 unspecified atom stereocenters. The molecular weight excluding hydrogens is 287 g/mol. The Labute approximate surface area is 110 Å². The van der Waals surface area contributed by atoms with Crippen LogP contribution in [0.3, 0.4) is 0 Å². The van der Waals surface area contributed by atoms with Gasteiger partial charge >= 0.3 is 0 Å².